The van der Waals surface area contributed by atoms with Gasteiger partial charge in [-0.25, -0.2) is 18.1 Å². The van der Waals surface area contributed by atoms with Gasteiger partial charge in [0.2, 0.25) is 10.0 Å². The van der Waals surface area contributed by atoms with Crippen molar-refractivity contribution in [3.63, 3.8) is 0 Å². The smallest absolute Gasteiger partial charge is 0.242 e. The van der Waals surface area contributed by atoms with E-state index in [9.17, 15) is 8.42 Å². The van der Waals surface area contributed by atoms with E-state index in [0.717, 1.165) is 16.4 Å². The SMILES string of the molecule is COc1ccc(OC)c(CNS(=O)(=O)c2cc(-c3nc(C)cs3)n(C)c2C)c1. The van der Waals surface area contributed by atoms with Crippen LogP contribution in [0.5, 0.6) is 11.5 Å². The Kier molecular flexibility index (Phi) is 5.78. The maximum atomic E-state index is 13.0. The predicted molar refractivity (Wildman–Crippen MR) is 110 cm³/mol. The fraction of sp³-hybridized carbons (Fsp3) is 0.316. The number of nitrogens with zero attached hydrogens (tertiary/aromatic N) is 2. The summed E-state index contributed by atoms with van der Waals surface area (Å²) < 4.78 is 41.0. The van der Waals surface area contributed by atoms with Gasteiger partial charge in [0, 0.05) is 35.9 Å². The molecule has 0 unspecified atom stereocenters. The monoisotopic (exact) mass is 421 g/mol. The van der Waals surface area contributed by atoms with Crippen molar-refractivity contribution in [2.24, 2.45) is 7.05 Å². The molecule has 0 fully saturated rings. The predicted octanol–water partition coefficient (Wildman–Crippen LogP) is 3.26. The second-order valence-electron chi connectivity index (χ2n) is 6.33. The minimum Gasteiger partial charge on any atom is -0.497 e. The van der Waals surface area contributed by atoms with Crippen molar-refractivity contribution in [2.45, 2.75) is 25.3 Å². The maximum absolute atomic E-state index is 13.0. The van der Waals surface area contributed by atoms with E-state index in [1.165, 1.54) is 11.3 Å². The van der Waals surface area contributed by atoms with Crippen LogP contribution in [0, 0.1) is 13.8 Å². The summed E-state index contributed by atoms with van der Waals surface area (Å²) in [5, 5.41) is 2.73. The number of aromatic nitrogens is 2. The molecule has 0 saturated carbocycles. The molecular formula is C19H23N3O4S2. The molecule has 0 aliphatic heterocycles. The Morgan fingerprint density at radius 2 is 1.93 bits per heavy atom. The average Bonchev–Trinajstić information content (AvgIpc) is 3.23. The molecule has 0 bridgehead atoms. The second kappa shape index (κ2) is 7.94. The largest absolute Gasteiger partial charge is 0.497 e. The van der Waals surface area contributed by atoms with Crippen molar-refractivity contribution in [3.05, 3.63) is 46.6 Å². The molecule has 9 heteroatoms. The molecule has 1 N–H and O–H groups in total. The zero-order valence-corrected chi connectivity index (χ0v) is 18.1. The van der Waals surface area contributed by atoms with Gasteiger partial charge in [0.15, 0.2) is 0 Å². The lowest BCUT2D eigenvalue weighted by Gasteiger charge is -2.12. The second-order valence-corrected chi connectivity index (χ2v) is 8.93. The minimum absolute atomic E-state index is 0.0860. The zero-order valence-electron chi connectivity index (χ0n) is 16.4. The summed E-state index contributed by atoms with van der Waals surface area (Å²) in [5.41, 5.74) is 3.02. The molecule has 0 aliphatic rings. The third kappa shape index (κ3) is 3.91. The number of rotatable bonds is 7. The van der Waals surface area contributed by atoms with Gasteiger partial charge in [0.05, 0.1) is 19.9 Å². The van der Waals surface area contributed by atoms with Crippen LogP contribution in [0.2, 0.25) is 0 Å². The lowest BCUT2D eigenvalue weighted by Crippen LogP contribution is -2.24. The van der Waals surface area contributed by atoms with Gasteiger partial charge in [0.25, 0.3) is 0 Å². The van der Waals surface area contributed by atoms with Crippen molar-refractivity contribution in [3.8, 4) is 22.2 Å². The lowest BCUT2D eigenvalue weighted by atomic mass is 10.2. The molecule has 0 amide bonds. The van der Waals surface area contributed by atoms with E-state index in [1.807, 2.05) is 23.9 Å². The maximum Gasteiger partial charge on any atom is 0.242 e. The van der Waals surface area contributed by atoms with Crippen LogP contribution in [-0.4, -0.2) is 32.2 Å². The minimum atomic E-state index is -3.73. The molecule has 1 aromatic carbocycles. The Labute approximate surface area is 169 Å². The molecule has 0 saturated heterocycles. The molecule has 0 spiro atoms. The molecule has 0 aliphatic carbocycles. The highest BCUT2D eigenvalue weighted by Crippen LogP contribution is 2.30. The van der Waals surface area contributed by atoms with Gasteiger partial charge in [-0.15, -0.1) is 11.3 Å². The number of hydrogen-bond donors (Lipinski definition) is 1. The van der Waals surface area contributed by atoms with Crippen LogP contribution in [0.4, 0.5) is 0 Å². The highest BCUT2D eigenvalue weighted by molar-refractivity contribution is 7.89. The number of ether oxygens (including phenoxy) is 2. The summed E-state index contributed by atoms with van der Waals surface area (Å²) in [4.78, 5) is 4.70. The highest BCUT2D eigenvalue weighted by atomic mass is 32.2. The molecule has 0 atom stereocenters. The molecule has 3 aromatic rings. The van der Waals surface area contributed by atoms with E-state index in [0.29, 0.717) is 22.8 Å². The van der Waals surface area contributed by atoms with Gasteiger partial charge < -0.3 is 14.0 Å². The standard InChI is InChI=1S/C19H23N3O4S2/c1-12-11-27-19(21-12)16-9-18(13(2)22(16)3)28(23,24)20-10-14-8-15(25-4)6-7-17(14)26-5/h6-9,11,20H,10H2,1-5H3. The number of methoxy groups -OCH3 is 2. The Balaban J connectivity index is 1.90. The molecule has 0 radical (unpaired) electrons. The van der Waals surface area contributed by atoms with Gasteiger partial charge in [-0.3, -0.25) is 0 Å². The summed E-state index contributed by atoms with van der Waals surface area (Å²) >= 11 is 1.49. The first kappa shape index (κ1) is 20.4. The number of benzene rings is 1. The third-order valence-corrected chi connectivity index (χ3v) is 7.06. The molecular weight excluding hydrogens is 398 g/mol. The van der Waals surface area contributed by atoms with Crippen LogP contribution in [0.1, 0.15) is 17.0 Å². The van der Waals surface area contributed by atoms with Crippen molar-refractivity contribution in [1.82, 2.24) is 14.3 Å². The van der Waals surface area contributed by atoms with Crippen LogP contribution < -0.4 is 14.2 Å². The summed E-state index contributed by atoms with van der Waals surface area (Å²) in [6.07, 6.45) is 0. The first-order chi connectivity index (χ1) is 13.3. The Bertz CT molecular complexity index is 1100. The number of thiazole rings is 1. The molecule has 28 heavy (non-hydrogen) atoms. The summed E-state index contributed by atoms with van der Waals surface area (Å²) in [6, 6.07) is 6.93. The lowest BCUT2D eigenvalue weighted by molar-refractivity contribution is 0.398. The Morgan fingerprint density at radius 1 is 1.18 bits per heavy atom. The van der Waals surface area contributed by atoms with Gasteiger partial charge >= 0.3 is 0 Å². The van der Waals surface area contributed by atoms with Crippen LogP contribution >= 0.6 is 11.3 Å². The van der Waals surface area contributed by atoms with Gasteiger partial charge in [-0.1, -0.05) is 0 Å². The van der Waals surface area contributed by atoms with E-state index < -0.39 is 10.0 Å². The van der Waals surface area contributed by atoms with Gasteiger partial charge in [0.1, 0.15) is 21.4 Å². The normalized spacial score (nSPS) is 11.6. The van der Waals surface area contributed by atoms with E-state index in [2.05, 4.69) is 9.71 Å². The quantitative estimate of drug-likeness (QED) is 0.633. The topological polar surface area (TPSA) is 82.4 Å². The van der Waals surface area contributed by atoms with E-state index in [1.54, 1.807) is 45.4 Å². The summed E-state index contributed by atoms with van der Waals surface area (Å²) in [6.45, 7) is 3.78. The first-order valence-electron chi connectivity index (χ1n) is 8.56. The van der Waals surface area contributed by atoms with Crippen molar-refractivity contribution in [2.75, 3.05) is 14.2 Å². The van der Waals surface area contributed by atoms with E-state index in [4.69, 9.17) is 9.47 Å². The highest BCUT2D eigenvalue weighted by Gasteiger charge is 2.23. The van der Waals surface area contributed by atoms with Crippen LogP contribution in [-0.2, 0) is 23.6 Å². The van der Waals surface area contributed by atoms with E-state index in [-0.39, 0.29) is 11.4 Å². The zero-order chi connectivity index (χ0) is 20.5. The van der Waals surface area contributed by atoms with Crippen LogP contribution in [0.3, 0.4) is 0 Å². The van der Waals surface area contributed by atoms with Crippen molar-refractivity contribution in [1.29, 1.82) is 0 Å². The molecule has 7 nitrogen and oxygen atoms in total. The molecule has 2 aromatic heterocycles. The van der Waals surface area contributed by atoms with E-state index >= 15 is 0 Å². The first-order valence-corrected chi connectivity index (χ1v) is 10.9. The van der Waals surface area contributed by atoms with Gasteiger partial charge in [-0.05, 0) is 38.1 Å². The molecule has 2 heterocycles. The van der Waals surface area contributed by atoms with Crippen molar-refractivity contribution >= 4 is 21.4 Å². The van der Waals surface area contributed by atoms with Crippen molar-refractivity contribution < 1.29 is 17.9 Å². The fourth-order valence-electron chi connectivity index (χ4n) is 2.89. The third-order valence-electron chi connectivity index (χ3n) is 4.56. The van der Waals surface area contributed by atoms with Gasteiger partial charge in [-0.2, -0.15) is 0 Å². The number of hydrogen-bond acceptors (Lipinski definition) is 6. The van der Waals surface area contributed by atoms with Crippen LogP contribution in [0.15, 0.2) is 34.5 Å². The van der Waals surface area contributed by atoms with Crippen LogP contribution in [0.25, 0.3) is 10.7 Å². The average molecular weight is 422 g/mol. The summed E-state index contributed by atoms with van der Waals surface area (Å²) in [7, 11) is 1.22. The number of sulfonamides is 1. The fourth-order valence-corrected chi connectivity index (χ4v) is 5.03. The molecule has 3 rings (SSSR count). The molecule has 150 valence electrons. The Hall–Kier alpha value is -2.36. The number of aryl methyl sites for hydroxylation is 1. The number of nitrogens with one attached hydrogen (secondary N) is 1. The Morgan fingerprint density at radius 3 is 2.54 bits per heavy atom. The summed E-state index contributed by atoms with van der Waals surface area (Å²) in [5.74, 6) is 1.22.